The van der Waals surface area contributed by atoms with Gasteiger partial charge in [0.15, 0.2) is 0 Å². The summed E-state index contributed by atoms with van der Waals surface area (Å²) in [5.74, 6) is 0. The molecule has 1 amide bonds. The summed E-state index contributed by atoms with van der Waals surface area (Å²) in [5.41, 5.74) is 6.79. The van der Waals surface area contributed by atoms with Crippen LogP contribution in [0.5, 0.6) is 0 Å². The zero-order chi connectivity index (χ0) is 10.1. The van der Waals surface area contributed by atoms with Crippen LogP contribution in [-0.4, -0.2) is 13.5 Å². The van der Waals surface area contributed by atoms with Crippen molar-refractivity contribution in [2.45, 2.75) is 13.3 Å². The number of carbonyl (C=O) groups is 1. The molecule has 1 aromatic carbocycles. The fourth-order valence-corrected chi connectivity index (χ4v) is 1.07. The summed E-state index contributed by atoms with van der Waals surface area (Å²) in [6.07, 6.45) is 1.34. The van der Waals surface area contributed by atoms with Gasteiger partial charge >= 0.3 is 0 Å². The SMILES string of the molecule is CCc1ccccc1NC.NC=O. The smallest absolute Gasteiger partial charge is 0.204 e. The van der Waals surface area contributed by atoms with E-state index in [4.69, 9.17) is 4.79 Å². The van der Waals surface area contributed by atoms with E-state index in [1.165, 1.54) is 11.3 Å². The predicted octanol–water partition coefficient (Wildman–Crippen LogP) is 1.39. The molecule has 1 rings (SSSR count). The van der Waals surface area contributed by atoms with E-state index in [-0.39, 0.29) is 6.41 Å². The van der Waals surface area contributed by atoms with Crippen LogP contribution in [0.25, 0.3) is 0 Å². The normalized spacial score (nSPS) is 8.15. The lowest BCUT2D eigenvalue weighted by molar-refractivity contribution is -0.106. The highest BCUT2D eigenvalue weighted by Crippen LogP contribution is 2.13. The third-order valence-corrected chi connectivity index (χ3v) is 1.67. The molecule has 0 fully saturated rings. The molecule has 0 unspecified atom stereocenters. The van der Waals surface area contributed by atoms with Gasteiger partial charge in [0.2, 0.25) is 6.41 Å². The number of hydrogen-bond acceptors (Lipinski definition) is 2. The van der Waals surface area contributed by atoms with Gasteiger partial charge in [-0.2, -0.15) is 0 Å². The summed E-state index contributed by atoms with van der Waals surface area (Å²) >= 11 is 0. The van der Waals surface area contributed by atoms with Crippen molar-refractivity contribution < 1.29 is 4.79 Å². The summed E-state index contributed by atoms with van der Waals surface area (Å²) < 4.78 is 0. The first kappa shape index (κ1) is 11.5. The van der Waals surface area contributed by atoms with Crippen LogP contribution in [0.2, 0.25) is 0 Å². The van der Waals surface area contributed by atoms with Gasteiger partial charge in [-0.1, -0.05) is 25.1 Å². The highest BCUT2D eigenvalue weighted by atomic mass is 16.1. The Labute approximate surface area is 78.9 Å². The van der Waals surface area contributed by atoms with Crippen molar-refractivity contribution in [3.8, 4) is 0 Å². The Bertz CT molecular complexity index is 225. The average Bonchev–Trinajstić information content (AvgIpc) is 2.19. The first-order valence-corrected chi connectivity index (χ1v) is 4.21. The molecule has 0 spiro atoms. The van der Waals surface area contributed by atoms with Crippen molar-refractivity contribution in [1.82, 2.24) is 0 Å². The molecular formula is C10H16N2O. The number of primary amides is 1. The van der Waals surface area contributed by atoms with Crippen LogP contribution >= 0.6 is 0 Å². The van der Waals surface area contributed by atoms with Gasteiger partial charge in [-0.15, -0.1) is 0 Å². The molecule has 72 valence electrons. The first-order valence-electron chi connectivity index (χ1n) is 4.21. The van der Waals surface area contributed by atoms with Gasteiger partial charge in [0.25, 0.3) is 0 Å². The third-order valence-electron chi connectivity index (χ3n) is 1.67. The van der Waals surface area contributed by atoms with Crippen molar-refractivity contribution in [2.24, 2.45) is 5.73 Å². The number of rotatable bonds is 2. The molecule has 0 radical (unpaired) electrons. The maximum Gasteiger partial charge on any atom is 0.204 e. The molecule has 3 N–H and O–H groups in total. The fraction of sp³-hybridized carbons (Fsp3) is 0.300. The summed E-state index contributed by atoms with van der Waals surface area (Å²) in [5, 5.41) is 3.15. The lowest BCUT2D eigenvalue weighted by atomic mass is 10.1. The highest BCUT2D eigenvalue weighted by molar-refractivity contribution is 5.50. The average molecular weight is 180 g/mol. The summed E-state index contributed by atoms with van der Waals surface area (Å²) in [4.78, 5) is 8.58. The Morgan fingerprint density at radius 2 is 2.00 bits per heavy atom. The number of aryl methyl sites for hydroxylation is 1. The van der Waals surface area contributed by atoms with E-state index in [1.807, 2.05) is 13.1 Å². The number of anilines is 1. The molecule has 0 atom stereocenters. The molecular weight excluding hydrogens is 164 g/mol. The molecule has 0 aliphatic heterocycles. The molecule has 1 aromatic rings. The molecule has 0 aromatic heterocycles. The molecule has 3 heteroatoms. The number of amides is 1. The number of hydrogen-bond donors (Lipinski definition) is 2. The van der Waals surface area contributed by atoms with Gasteiger partial charge in [-0.05, 0) is 18.1 Å². The maximum atomic E-state index is 8.58. The van der Waals surface area contributed by atoms with Crippen LogP contribution in [0.1, 0.15) is 12.5 Å². The largest absolute Gasteiger partial charge is 0.388 e. The molecule has 0 saturated heterocycles. The summed E-state index contributed by atoms with van der Waals surface area (Å²) in [6, 6.07) is 8.36. The lowest BCUT2D eigenvalue weighted by Gasteiger charge is -2.04. The van der Waals surface area contributed by atoms with Gasteiger partial charge < -0.3 is 11.1 Å². The maximum absolute atomic E-state index is 8.58. The van der Waals surface area contributed by atoms with Crippen molar-refractivity contribution in [3.63, 3.8) is 0 Å². The number of nitrogens with two attached hydrogens (primary N) is 1. The van der Waals surface area contributed by atoms with E-state index in [2.05, 4.69) is 36.2 Å². The molecule has 0 bridgehead atoms. The number of para-hydroxylation sites is 1. The van der Waals surface area contributed by atoms with E-state index in [0.717, 1.165) is 6.42 Å². The van der Waals surface area contributed by atoms with E-state index in [0.29, 0.717) is 0 Å². The topological polar surface area (TPSA) is 55.1 Å². The second kappa shape index (κ2) is 7.16. The van der Waals surface area contributed by atoms with E-state index in [1.54, 1.807) is 0 Å². The minimum Gasteiger partial charge on any atom is -0.388 e. The zero-order valence-electron chi connectivity index (χ0n) is 8.08. The van der Waals surface area contributed by atoms with Crippen LogP contribution in [0.3, 0.4) is 0 Å². The monoisotopic (exact) mass is 180 g/mol. The summed E-state index contributed by atoms with van der Waals surface area (Å²) in [6.45, 7) is 2.16. The Balaban J connectivity index is 0.000000424. The van der Waals surface area contributed by atoms with E-state index in [9.17, 15) is 0 Å². The Hall–Kier alpha value is -1.51. The van der Waals surface area contributed by atoms with Crippen LogP contribution in [-0.2, 0) is 11.2 Å². The summed E-state index contributed by atoms with van der Waals surface area (Å²) in [7, 11) is 1.95. The van der Waals surface area contributed by atoms with Crippen molar-refractivity contribution in [2.75, 3.05) is 12.4 Å². The van der Waals surface area contributed by atoms with Gasteiger partial charge in [0.05, 0.1) is 0 Å². The highest BCUT2D eigenvalue weighted by Gasteiger charge is 1.93. The number of nitrogens with one attached hydrogen (secondary N) is 1. The second-order valence-corrected chi connectivity index (χ2v) is 2.40. The van der Waals surface area contributed by atoms with Crippen molar-refractivity contribution in [1.29, 1.82) is 0 Å². The van der Waals surface area contributed by atoms with Crippen LogP contribution in [0, 0.1) is 0 Å². The fourth-order valence-electron chi connectivity index (χ4n) is 1.07. The Morgan fingerprint density at radius 3 is 2.38 bits per heavy atom. The van der Waals surface area contributed by atoms with Gasteiger partial charge in [0.1, 0.15) is 0 Å². The number of benzene rings is 1. The van der Waals surface area contributed by atoms with Gasteiger partial charge in [-0.25, -0.2) is 0 Å². The van der Waals surface area contributed by atoms with E-state index >= 15 is 0 Å². The minimum atomic E-state index is 0.250. The Morgan fingerprint density at radius 1 is 1.46 bits per heavy atom. The lowest BCUT2D eigenvalue weighted by Crippen LogP contribution is -1.92. The second-order valence-electron chi connectivity index (χ2n) is 2.40. The standard InChI is InChI=1S/C9H13N.CH3NO/c1-3-8-6-4-5-7-9(8)10-2;2-1-3/h4-7,10H,3H2,1-2H3;1H,(H2,2,3). The first-order chi connectivity index (χ1) is 6.29. The number of carbonyl (C=O) groups excluding carboxylic acids is 1. The van der Waals surface area contributed by atoms with Crippen LogP contribution in [0.4, 0.5) is 5.69 Å². The zero-order valence-corrected chi connectivity index (χ0v) is 8.08. The predicted molar refractivity (Wildman–Crippen MR) is 55.6 cm³/mol. The van der Waals surface area contributed by atoms with Gasteiger partial charge in [-0.3, -0.25) is 4.79 Å². The minimum absolute atomic E-state index is 0.250. The molecule has 0 aliphatic carbocycles. The quantitative estimate of drug-likeness (QED) is 0.676. The van der Waals surface area contributed by atoms with E-state index < -0.39 is 0 Å². The van der Waals surface area contributed by atoms with Crippen LogP contribution in [0.15, 0.2) is 24.3 Å². The molecule has 0 aliphatic rings. The van der Waals surface area contributed by atoms with Crippen LogP contribution < -0.4 is 11.1 Å². The molecule has 0 heterocycles. The van der Waals surface area contributed by atoms with Crippen molar-refractivity contribution in [3.05, 3.63) is 29.8 Å². The third kappa shape index (κ3) is 4.15. The van der Waals surface area contributed by atoms with Gasteiger partial charge in [0, 0.05) is 12.7 Å². The molecule has 13 heavy (non-hydrogen) atoms. The molecule has 3 nitrogen and oxygen atoms in total. The Kier molecular flexibility index (Phi) is 6.32. The van der Waals surface area contributed by atoms with Crippen molar-refractivity contribution >= 4 is 12.1 Å². The molecule has 0 saturated carbocycles.